The number of hydrogen-bond acceptors (Lipinski definition) is 4. The van der Waals surface area contributed by atoms with Gasteiger partial charge in [0, 0.05) is 17.5 Å². The zero-order chi connectivity index (χ0) is 18.1. The average Bonchev–Trinajstić information content (AvgIpc) is 3.04. The van der Waals surface area contributed by atoms with Crippen molar-refractivity contribution >= 4 is 16.9 Å². The summed E-state index contributed by atoms with van der Waals surface area (Å²) in [6.07, 6.45) is 2.01. The van der Waals surface area contributed by atoms with Crippen LogP contribution in [-0.2, 0) is 17.6 Å². The highest BCUT2D eigenvalue weighted by atomic mass is 16.5. The Morgan fingerprint density at radius 2 is 2.08 bits per heavy atom. The van der Waals surface area contributed by atoms with Crippen LogP contribution < -0.4 is 15.7 Å². The molecule has 0 aliphatic heterocycles. The third-order valence-corrected chi connectivity index (χ3v) is 4.86. The number of benzene rings is 2. The van der Waals surface area contributed by atoms with Crippen molar-refractivity contribution in [2.45, 2.75) is 25.3 Å². The van der Waals surface area contributed by atoms with Crippen molar-refractivity contribution in [3.05, 3.63) is 75.6 Å². The Morgan fingerprint density at radius 1 is 1.23 bits per heavy atom. The van der Waals surface area contributed by atoms with Crippen molar-refractivity contribution in [3.63, 3.8) is 0 Å². The molecule has 132 valence electrons. The molecule has 1 N–H and O–H groups in total. The normalized spacial score (nSPS) is 15.7. The fourth-order valence-electron chi connectivity index (χ4n) is 3.61. The van der Waals surface area contributed by atoms with Crippen molar-refractivity contribution < 1.29 is 13.9 Å². The first kappa shape index (κ1) is 16.4. The van der Waals surface area contributed by atoms with Gasteiger partial charge >= 0.3 is 5.63 Å². The standard InChI is InChI=1S/C21H19NO4/c1-25-15-7-8-17-14(11-21(24)26-19(17)12-15)10-20(23)22-18-9-6-13-4-2-3-5-16(13)18/h2-5,7-8,11-12,18H,6,9-10H2,1H3,(H,22,23). The van der Waals surface area contributed by atoms with Crippen LogP contribution in [0.15, 0.2) is 57.7 Å². The number of amides is 1. The summed E-state index contributed by atoms with van der Waals surface area (Å²) < 4.78 is 10.4. The minimum absolute atomic E-state index is 0.0326. The van der Waals surface area contributed by atoms with Gasteiger partial charge < -0.3 is 14.5 Å². The Hall–Kier alpha value is -3.08. The van der Waals surface area contributed by atoms with Crippen LogP contribution in [0.4, 0.5) is 0 Å². The van der Waals surface area contributed by atoms with E-state index in [-0.39, 0.29) is 18.4 Å². The summed E-state index contributed by atoms with van der Waals surface area (Å²) in [7, 11) is 1.55. The first-order chi connectivity index (χ1) is 12.6. The quantitative estimate of drug-likeness (QED) is 0.735. The first-order valence-electron chi connectivity index (χ1n) is 8.62. The van der Waals surface area contributed by atoms with Crippen molar-refractivity contribution in [3.8, 4) is 5.75 Å². The molecule has 5 heteroatoms. The van der Waals surface area contributed by atoms with Gasteiger partial charge in [-0.25, -0.2) is 4.79 Å². The molecule has 26 heavy (non-hydrogen) atoms. The van der Waals surface area contributed by atoms with E-state index in [2.05, 4.69) is 17.4 Å². The van der Waals surface area contributed by atoms with E-state index in [1.165, 1.54) is 17.2 Å². The number of aryl methyl sites for hydroxylation is 1. The smallest absolute Gasteiger partial charge is 0.336 e. The summed E-state index contributed by atoms with van der Waals surface area (Å²) in [6, 6.07) is 14.9. The van der Waals surface area contributed by atoms with E-state index >= 15 is 0 Å². The maximum absolute atomic E-state index is 12.6. The van der Waals surface area contributed by atoms with E-state index in [0.29, 0.717) is 16.9 Å². The highest BCUT2D eigenvalue weighted by molar-refractivity contribution is 5.88. The summed E-state index contributed by atoms with van der Waals surface area (Å²) in [5.41, 5.74) is 3.08. The maximum atomic E-state index is 12.6. The van der Waals surface area contributed by atoms with Gasteiger partial charge in [-0.05, 0) is 41.7 Å². The molecule has 0 fully saturated rings. The lowest BCUT2D eigenvalue weighted by molar-refractivity contribution is -0.121. The van der Waals surface area contributed by atoms with Gasteiger partial charge in [0.25, 0.3) is 0 Å². The van der Waals surface area contributed by atoms with Crippen molar-refractivity contribution in [1.82, 2.24) is 5.32 Å². The summed E-state index contributed by atoms with van der Waals surface area (Å²) >= 11 is 0. The highest BCUT2D eigenvalue weighted by Gasteiger charge is 2.23. The van der Waals surface area contributed by atoms with Gasteiger partial charge in [-0.3, -0.25) is 4.79 Å². The predicted molar refractivity (Wildman–Crippen MR) is 98.4 cm³/mol. The van der Waals surface area contributed by atoms with Crippen LogP contribution in [0.5, 0.6) is 5.75 Å². The van der Waals surface area contributed by atoms with Crippen molar-refractivity contribution in [2.75, 3.05) is 7.11 Å². The number of carbonyl (C=O) groups is 1. The number of hydrogen-bond donors (Lipinski definition) is 1. The third-order valence-electron chi connectivity index (χ3n) is 4.86. The van der Waals surface area contributed by atoms with Crippen LogP contribution >= 0.6 is 0 Å². The Bertz CT molecular complexity index is 1040. The molecular weight excluding hydrogens is 330 g/mol. The van der Waals surface area contributed by atoms with Gasteiger partial charge in [0.05, 0.1) is 19.6 Å². The lowest BCUT2D eigenvalue weighted by Crippen LogP contribution is -2.28. The lowest BCUT2D eigenvalue weighted by atomic mass is 10.1. The van der Waals surface area contributed by atoms with E-state index in [4.69, 9.17) is 9.15 Å². The Kier molecular flexibility index (Phi) is 4.21. The second kappa shape index (κ2) is 6.67. The van der Waals surface area contributed by atoms with Gasteiger partial charge in [0.15, 0.2) is 0 Å². The van der Waals surface area contributed by atoms with Crippen LogP contribution in [-0.4, -0.2) is 13.0 Å². The lowest BCUT2D eigenvalue weighted by Gasteiger charge is -2.14. The Morgan fingerprint density at radius 3 is 2.92 bits per heavy atom. The van der Waals surface area contributed by atoms with Crippen molar-refractivity contribution in [1.29, 1.82) is 0 Å². The molecule has 1 amide bonds. The summed E-state index contributed by atoms with van der Waals surface area (Å²) in [5.74, 6) is 0.499. The van der Waals surface area contributed by atoms with Crippen LogP contribution in [0.3, 0.4) is 0 Å². The first-order valence-corrected chi connectivity index (χ1v) is 8.62. The second-order valence-corrected chi connectivity index (χ2v) is 6.49. The molecule has 1 aromatic heterocycles. The molecule has 1 heterocycles. The molecule has 5 nitrogen and oxygen atoms in total. The molecule has 2 aromatic carbocycles. The van der Waals surface area contributed by atoms with Crippen LogP contribution in [0, 0.1) is 0 Å². The van der Waals surface area contributed by atoms with Crippen molar-refractivity contribution in [2.24, 2.45) is 0 Å². The fraction of sp³-hybridized carbons (Fsp3) is 0.238. The molecule has 3 aromatic rings. The van der Waals surface area contributed by atoms with Gasteiger partial charge in [-0.15, -0.1) is 0 Å². The van der Waals surface area contributed by atoms with Crippen LogP contribution in [0.2, 0.25) is 0 Å². The Balaban J connectivity index is 1.57. The van der Waals surface area contributed by atoms with E-state index in [0.717, 1.165) is 18.2 Å². The summed E-state index contributed by atoms with van der Waals surface area (Å²) in [6.45, 7) is 0. The van der Waals surface area contributed by atoms with Crippen LogP contribution in [0.25, 0.3) is 11.0 Å². The van der Waals surface area contributed by atoms with Gasteiger partial charge in [-0.1, -0.05) is 24.3 Å². The van der Waals surface area contributed by atoms with E-state index in [1.807, 2.05) is 18.2 Å². The molecule has 1 aliphatic rings. The molecule has 0 saturated carbocycles. The fourth-order valence-corrected chi connectivity index (χ4v) is 3.61. The average molecular weight is 349 g/mol. The van der Waals surface area contributed by atoms with Crippen LogP contribution in [0.1, 0.15) is 29.2 Å². The molecule has 1 atom stereocenters. The molecule has 0 saturated heterocycles. The predicted octanol–water partition coefficient (Wildman–Crippen LogP) is 3.15. The molecule has 4 rings (SSSR count). The zero-order valence-electron chi connectivity index (χ0n) is 14.5. The Labute approximate surface area is 150 Å². The minimum atomic E-state index is -0.472. The number of methoxy groups -OCH3 is 1. The van der Waals surface area contributed by atoms with E-state index < -0.39 is 5.63 Å². The minimum Gasteiger partial charge on any atom is -0.497 e. The molecular formula is C21H19NO4. The summed E-state index contributed by atoms with van der Waals surface area (Å²) in [4.78, 5) is 24.4. The van der Waals surface area contributed by atoms with E-state index in [9.17, 15) is 9.59 Å². The van der Waals surface area contributed by atoms with Gasteiger partial charge in [0.1, 0.15) is 11.3 Å². The maximum Gasteiger partial charge on any atom is 0.336 e. The molecule has 0 radical (unpaired) electrons. The largest absolute Gasteiger partial charge is 0.497 e. The second-order valence-electron chi connectivity index (χ2n) is 6.49. The SMILES string of the molecule is COc1ccc2c(CC(=O)NC3CCc4ccccc43)cc(=O)oc2c1. The number of nitrogens with one attached hydrogen (secondary N) is 1. The van der Waals surface area contributed by atoms with E-state index in [1.54, 1.807) is 19.2 Å². The number of carbonyl (C=O) groups excluding carboxylic acids is 1. The monoisotopic (exact) mass is 349 g/mol. The molecule has 0 bridgehead atoms. The third kappa shape index (κ3) is 3.08. The number of rotatable bonds is 4. The summed E-state index contributed by atoms with van der Waals surface area (Å²) in [5, 5.41) is 3.84. The van der Waals surface area contributed by atoms with Gasteiger partial charge in [-0.2, -0.15) is 0 Å². The molecule has 0 spiro atoms. The number of fused-ring (bicyclic) bond motifs is 2. The number of ether oxygens (including phenoxy) is 1. The zero-order valence-corrected chi connectivity index (χ0v) is 14.5. The topological polar surface area (TPSA) is 68.5 Å². The molecule has 1 unspecified atom stereocenters. The molecule has 1 aliphatic carbocycles. The highest BCUT2D eigenvalue weighted by Crippen LogP contribution is 2.31. The van der Waals surface area contributed by atoms with Gasteiger partial charge in [0.2, 0.25) is 5.91 Å².